The number of methoxy groups -OCH3 is 1. The molecule has 0 atom stereocenters. The van der Waals surface area contributed by atoms with E-state index in [2.05, 4.69) is 40.4 Å². The fraction of sp³-hybridized carbons (Fsp3) is 0.500. The van der Waals surface area contributed by atoms with Crippen molar-refractivity contribution in [1.29, 1.82) is 0 Å². The highest BCUT2D eigenvalue weighted by Crippen LogP contribution is 2.38. The van der Waals surface area contributed by atoms with E-state index in [4.69, 9.17) is 9.16 Å². The van der Waals surface area contributed by atoms with Crippen LogP contribution in [0.15, 0.2) is 30.9 Å². The molecule has 3 nitrogen and oxygen atoms in total. The molecule has 0 bridgehead atoms. The van der Waals surface area contributed by atoms with Crippen LogP contribution in [-0.4, -0.2) is 21.4 Å². The van der Waals surface area contributed by atoms with Gasteiger partial charge in [-0.15, -0.1) is 6.58 Å². The minimum Gasteiger partial charge on any atom is -0.543 e. The summed E-state index contributed by atoms with van der Waals surface area (Å²) < 4.78 is 11.2. The number of hydrogen-bond donors (Lipinski definition) is 0. The van der Waals surface area contributed by atoms with E-state index >= 15 is 0 Å². The first kappa shape index (κ1) is 18.5. The molecule has 0 saturated carbocycles. The van der Waals surface area contributed by atoms with Gasteiger partial charge in [-0.3, -0.25) is 4.79 Å². The number of hydrogen-bond acceptors (Lipinski definition) is 3. The van der Waals surface area contributed by atoms with Crippen molar-refractivity contribution in [3.8, 4) is 5.75 Å². The molecule has 0 aliphatic carbocycles. The van der Waals surface area contributed by atoms with E-state index < -0.39 is 8.32 Å². The normalized spacial score (nSPS) is 11.9. The van der Waals surface area contributed by atoms with Gasteiger partial charge in [-0.05, 0) is 41.7 Å². The zero-order chi connectivity index (χ0) is 17.0. The van der Waals surface area contributed by atoms with E-state index in [1.54, 1.807) is 0 Å². The van der Waals surface area contributed by atoms with Crippen LogP contribution < -0.4 is 4.43 Å². The zero-order valence-corrected chi connectivity index (χ0v) is 15.7. The lowest BCUT2D eigenvalue weighted by molar-refractivity contribution is -0.139. The standard InChI is InChI=1S/C18H28O3Si/c1-8-9-15-11-10-14(13-17(19)20-5)12-16(15)21-22(6,7)18(2,3)4/h8,10-12H,1,9,13H2,2-7H3. The van der Waals surface area contributed by atoms with Crippen molar-refractivity contribution >= 4 is 14.3 Å². The highest BCUT2D eigenvalue weighted by Gasteiger charge is 2.39. The van der Waals surface area contributed by atoms with Crippen LogP contribution in [-0.2, 0) is 22.4 Å². The van der Waals surface area contributed by atoms with Crippen LogP contribution in [0.5, 0.6) is 5.75 Å². The Bertz CT molecular complexity index is 542. The first-order chi connectivity index (χ1) is 10.1. The number of carbonyl (C=O) groups is 1. The van der Waals surface area contributed by atoms with Crippen LogP contribution in [0.3, 0.4) is 0 Å². The summed E-state index contributed by atoms with van der Waals surface area (Å²) in [6.45, 7) is 14.9. The maximum Gasteiger partial charge on any atom is 0.309 e. The Labute approximate surface area is 135 Å². The Balaban J connectivity index is 3.15. The molecule has 0 aliphatic rings. The molecule has 1 aromatic carbocycles. The predicted molar refractivity (Wildman–Crippen MR) is 93.9 cm³/mol. The van der Waals surface area contributed by atoms with E-state index in [-0.39, 0.29) is 17.4 Å². The van der Waals surface area contributed by atoms with Crippen LogP contribution in [0.25, 0.3) is 0 Å². The van der Waals surface area contributed by atoms with E-state index in [0.29, 0.717) is 0 Å². The van der Waals surface area contributed by atoms with Gasteiger partial charge in [0.2, 0.25) is 8.32 Å². The summed E-state index contributed by atoms with van der Waals surface area (Å²) in [5, 5.41) is 0.122. The summed E-state index contributed by atoms with van der Waals surface area (Å²) in [7, 11) is -0.524. The van der Waals surface area contributed by atoms with Gasteiger partial charge in [0, 0.05) is 0 Å². The fourth-order valence-electron chi connectivity index (χ4n) is 1.79. The van der Waals surface area contributed by atoms with Crippen molar-refractivity contribution in [3.05, 3.63) is 42.0 Å². The Morgan fingerprint density at radius 1 is 1.32 bits per heavy atom. The van der Waals surface area contributed by atoms with Gasteiger partial charge in [0.1, 0.15) is 5.75 Å². The van der Waals surface area contributed by atoms with E-state index in [1.165, 1.54) is 7.11 Å². The molecule has 0 fully saturated rings. The van der Waals surface area contributed by atoms with Crippen molar-refractivity contribution in [1.82, 2.24) is 0 Å². The summed E-state index contributed by atoms with van der Waals surface area (Å²) >= 11 is 0. The molecule has 0 aliphatic heterocycles. The molecule has 0 N–H and O–H groups in total. The second-order valence-corrected chi connectivity index (χ2v) is 11.8. The number of esters is 1. The lowest BCUT2D eigenvalue weighted by Crippen LogP contribution is -2.44. The lowest BCUT2D eigenvalue weighted by Gasteiger charge is -2.37. The highest BCUT2D eigenvalue weighted by molar-refractivity contribution is 6.74. The Morgan fingerprint density at radius 3 is 2.45 bits per heavy atom. The van der Waals surface area contributed by atoms with Crippen molar-refractivity contribution < 1.29 is 14.0 Å². The SMILES string of the molecule is C=CCc1ccc(CC(=O)OC)cc1O[Si](C)(C)C(C)(C)C. The van der Waals surface area contributed by atoms with Crippen molar-refractivity contribution in [2.45, 2.75) is 51.7 Å². The molecular weight excluding hydrogens is 292 g/mol. The van der Waals surface area contributed by atoms with Crippen LogP contribution in [0.4, 0.5) is 0 Å². The molecule has 1 aromatic rings. The second kappa shape index (κ2) is 7.14. The molecule has 0 saturated heterocycles. The summed E-state index contributed by atoms with van der Waals surface area (Å²) in [6.07, 6.45) is 2.88. The smallest absolute Gasteiger partial charge is 0.309 e. The topological polar surface area (TPSA) is 35.5 Å². The lowest BCUT2D eigenvalue weighted by atomic mass is 10.1. The van der Waals surface area contributed by atoms with E-state index in [9.17, 15) is 4.79 Å². The molecule has 0 unspecified atom stereocenters. The first-order valence-electron chi connectivity index (χ1n) is 7.59. The fourth-order valence-corrected chi connectivity index (χ4v) is 2.84. The van der Waals surface area contributed by atoms with Gasteiger partial charge in [-0.25, -0.2) is 0 Å². The van der Waals surface area contributed by atoms with Crippen LogP contribution in [0, 0.1) is 0 Å². The number of benzene rings is 1. The van der Waals surface area contributed by atoms with Gasteiger partial charge < -0.3 is 9.16 Å². The molecule has 22 heavy (non-hydrogen) atoms. The summed E-state index contributed by atoms with van der Waals surface area (Å²) in [5.41, 5.74) is 2.02. The molecule has 0 spiro atoms. The van der Waals surface area contributed by atoms with Crippen molar-refractivity contribution in [2.24, 2.45) is 0 Å². The van der Waals surface area contributed by atoms with Crippen LogP contribution >= 0.6 is 0 Å². The molecule has 0 radical (unpaired) electrons. The zero-order valence-electron chi connectivity index (χ0n) is 14.7. The maximum atomic E-state index is 11.5. The highest BCUT2D eigenvalue weighted by atomic mass is 28.4. The summed E-state index contributed by atoms with van der Waals surface area (Å²) in [4.78, 5) is 11.5. The Morgan fingerprint density at radius 2 is 1.95 bits per heavy atom. The minimum absolute atomic E-state index is 0.122. The Kier molecular flexibility index (Phi) is 6.00. The molecule has 1 rings (SSSR count). The van der Waals surface area contributed by atoms with Crippen molar-refractivity contribution in [3.63, 3.8) is 0 Å². The van der Waals surface area contributed by atoms with Crippen LogP contribution in [0.2, 0.25) is 18.1 Å². The maximum absolute atomic E-state index is 11.5. The summed E-state index contributed by atoms with van der Waals surface area (Å²) in [5.74, 6) is 0.627. The average molecular weight is 321 g/mol. The molecule has 0 heterocycles. The largest absolute Gasteiger partial charge is 0.543 e. The third-order valence-electron chi connectivity index (χ3n) is 4.24. The van der Waals surface area contributed by atoms with Crippen molar-refractivity contribution in [2.75, 3.05) is 7.11 Å². The third-order valence-corrected chi connectivity index (χ3v) is 8.59. The van der Waals surface area contributed by atoms with Gasteiger partial charge in [-0.2, -0.15) is 0 Å². The van der Waals surface area contributed by atoms with Gasteiger partial charge in [0.05, 0.1) is 13.5 Å². The molecular formula is C18H28O3Si. The number of rotatable bonds is 6. The predicted octanol–water partition coefficient (Wildman–Crippen LogP) is 4.51. The third kappa shape index (κ3) is 4.73. The first-order valence-corrected chi connectivity index (χ1v) is 10.5. The molecule has 122 valence electrons. The van der Waals surface area contributed by atoms with Gasteiger partial charge in [0.25, 0.3) is 0 Å². The average Bonchev–Trinajstić information content (AvgIpc) is 2.40. The van der Waals surface area contributed by atoms with E-state index in [1.807, 2.05) is 24.3 Å². The number of ether oxygens (including phenoxy) is 1. The molecule has 4 heteroatoms. The monoisotopic (exact) mass is 320 g/mol. The molecule has 0 aromatic heterocycles. The molecule has 0 amide bonds. The summed E-state index contributed by atoms with van der Waals surface area (Å²) in [6, 6.07) is 5.94. The van der Waals surface area contributed by atoms with Gasteiger partial charge in [-0.1, -0.05) is 39.0 Å². The van der Waals surface area contributed by atoms with Gasteiger partial charge >= 0.3 is 5.97 Å². The van der Waals surface area contributed by atoms with Crippen LogP contribution in [0.1, 0.15) is 31.9 Å². The quantitative estimate of drug-likeness (QED) is 0.439. The number of carbonyl (C=O) groups excluding carboxylic acids is 1. The Hall–Kier alpha value is -1.55. The minimum atomic E-state index is -1.93. The van der Waals surface area contributed by atoms with E-state index in [0.717, 1.165) is 23.3 Å². The second-order valence-electron chi connectivity index (χ2n) is 7.05. The van der Waals surface area contributed by atoms with Gasteiger partial charge in [0.15, 0.2) is 0 Å². The number of allylic oxidation sites excluding steroid dienone is 1.